The first-order valence-electron chi connectivity index (χ1n) is 11.4. The second-order valence-electron chi connectivity index (χ2n) is 9.40. The number of carbonyl (C=O) groups is 1. The summed E-state index contributed by atoms with van der Waals surface area (Å²) >= 11 is 0. The van der Waals surface area contributed by atoms with Gasteiger partial charge in [-0.3, -0.25) is 4.79 Å². The molecule has 9 heteroatoms. The first-order chi connectivity index (χ1) is 16.5. The Bertz CT molecular complexity index is 1410. The maximum Gasteiger partial charge on any atom is 0.270 e. The molecule has 1 amide bonds. The van der Waals surface area contributed by atoms with E-state index in [4.69, 9.17) is 14.5 Å². The summed E-state index contributed by atoms with van der Waals surface area (Å²) in [6.07, 6.45) is 4.06. The van der Waals surface area contributed by atoms with Crippen molar-refractivity contribution in [2.45, 2.75) is 57.3 Å². The number of nitrogens with one attached hydrogen (secondary N) is 1. The summed E-state index contributed by atoms with van der Waals surface area (Å²) < 4.78 is 39.4. The van der Waals surface area contributed by atoms with E-state index < -0.39 is 15.9 Å². The average Bonchev–Trinajstić information content (AvgIpc) is 2.80. The highest BCUT2D eigenvalue weighted by atomic mass is 32.2. The number of benzene rings is 1. The Kier molecular flexibility index (Phi) is 6.55. The highest BCUT2D eigenvalue weighted by Gasteiger charge is 2.33. The van der Waals surface area contributed by atoms with Crippen molar-refractivity contribution in [3.8, 4) is 17.5 Å². The smallest absolute Gasteiger partial charge is 0.270 e. The molecule has 1 aromatic carbocycles. The molecule has 0 atom stereocenters. The molecule has 35 heavy (non-hydrogen) atoms. The molecular formula is C26H31N3O5S. The van der Waals surface area contributed by atoms with Crippen LogP contribution in [0.15, 0.2) is 47.5 Å². The van der Waals surface area contributed by atoms with E-state index in [2.05, 4.69) is 23.6 Å². The number of aromatic nitrogens is 2. The fourth-order valence-corrected chi connectivity index (χ4v) is 5.47. The van der Waals surface area contributed by atoms with Gasteiger partial charge in [0.1, 0.15) is 16.2 Å². The molecule has 0 bridgehead atoms. The SMILES string of the molecule is COc1ncccc1S(=O)(=O)NC(=O)c1cc2c(nc1Oc1ccc(C)cc1C)C(C)(C)CCC2.[HH]. The van der Waals surface area contributed by atoms with Gasteiger partial charge in [-0.15, -0.1) is 0 Å². The van der Waals surface area contributed by atoms with E-state index in [0.29, 0.717) is 5.75 Å². The van der Waals surface area contributed by atoms with E-state index in [-0.39, 0.29) is 29.1 Å². The van der Waals surface area contributed by atoms with Crippen LogP contribution in [-0.4, -0.2) is 31.4 Å². The molecule has 0 unspecified atom stereocenters. The second kappa shape index (κ2) is 9.30. The molecule has 2 heterocycles. The summed E-state index contributed by atoms with van der Waals surface area (Å²) in [5.41, 5.74) is 3.57. The van der Waals surface area contributed by atoms with Crippen molar-refractivity contribution >= 4 is 15.9 Å². The Labute approximate surface area is 207 Å². The maximum atomic E-state index is 13.4. The third kappa shape index (κ3) is 5.00. The number of aryl methyl sites for hydroxylation is 3. The summed E-state index contributed by atoms with van der Waals surface area (Å²) in [6, 6.07) is 10.2. The number of sulfonamides is 1. The van der Waals surface area contributed by atoms with Crippen molar-refractivity contribution in [1.29, 1.82) is 0 Å². The van der Waals surface area contributed by atoms with Crippen molar-refractivity contribution in [3.63, 3.8) is 0 Å². The number of rotatable bonds is 6. The highest BCUT2D eigenvalue weighted by Crippen LogP contribution is 2.39. The van der Waals surface area contributed by atoms with E-state index >= 15 is 0 Å². The van der Waals surface area contributed by atoms with Gasteiger partial charge in [0.25, 0.3) is 15.9 Å². The summed E-state index contributed by atoms with van der Waals surface area (Å²) in [6.45, 7) is 8.10. The van der Waals surface area contributed by atoms with Crippen molar-refractivity contribution in [3.05, 3.63) is 70.5 Å². The van der Waals surface area contributed by atoms with E-state index in [9.17, 15) is 13.2 Å². The predicted octanol–water partition coefficient (Wildman–Crippen LogP) is 4.87. The first-order valence-corrected chi connectivity index (χ1v) is 12.9. The van der Waals surface area contributed by atoms with Gasteiger partial charge < -0.3 is 9.47 Å². The number of methoxy groups -OCH3 is 1. The molecule has 0 fully saturated rings. The second-order valence-corrected chi connectivity index (χ2v) is 11.1. The van der Waals surface area contributed by atoms with Gasteiger partial charge in [-0.2, -0.15) is 0 Å². The topological polar surface area (TPSA) is 107 Å². The molecule has 8 nitrogen and oxygen atoms in total. The van der Waals surface area contributed by atoms with Crippen LogP contribution in [-0.2, 0) is 21.9 Å². The van der Waals surface area contributed by atoms with Crippen LogP contribution in [0.25, 0.3) is 0 Å². The van der Waals surface area contributed by atoms with Crippen LogP contribution in [0, 0.1) is 13.8 Å². The first kappa shape index (κ1) is 24.7. The Hall–Kier alpha value is -3.46. The van der Waals surface area contributed by atoms with Gasteiger partial charge in [-0.1, -0.05) is 31.5 Å². The lowest BCUT2D eigenvalue weighted by Crippen LogP contribution is -2.32. The Morgan fingerprint density at radius 1 is 1.14 bits per heavy atom. The molecule has 3 aromatic rings. The number of carbonyl (C=O) groups excluding carboxylic acids is 1. The number of fused-ring (bicyclic) bond motifs is 1. The number of pyridine rings is 2. The summed E-state index contributed by atoms with van der Waals surface area (Å²) in [4.78, 5) is 21.8. The lowest BCUT2D eigenvalue weighted by Gasteiger charge is -2.32. The fraction of sp³-hybridized carbons (Fsp3) is 0.346. The predicted molar refractivity (Wildman–Crippen MR) is 134 cm³/mol. The van der Waals surface area contributed by atoms with Crippen molar-refractivity contribution in [2.24, 2.45) is 0 Å². The zero-order chi connectivity index (χ0) is 25.4. The number of nitrogens with zero attached hydrogens (tertiary/aromatic N) is 2. The molecule has 0 spiro atoms. The van der Waals surface area contributed by atoms with Gasteiger partial charge in [0.15, 0.2) is 0 Å². The lowest BCUT2D eigenvalue weighted by molar-refractivity contribution is 0.0978. The van der Waals surface area contributed by atoms with Gasteiger partial charge in [0, 0.05) is 13.0 Å². The number of amides is 1. The minimum absolute atomic E-state index is 0. The minimum atomic E-state index is -4.27. The van der Waals surface area contributed by atoms with E-state index in [1.54, 1.807) is 6.07 Å². The van der Waals surface area contributed by atoms with Crippen LogP contribution in [0.3, 0.4) is 0 Å². The number of hydrogen-bond donors (Lipinski definition) is 1. The molecule has 1 aliphatic carbocycles. The van der Waals surface area contributed by atoms with Crippen LogP contribution in [0.5, 0.6) is 17.5 Å². The van der Waals surface area contributed by atoms with Gasteiger partial charge in [-0.25, -0.2) is 23.1 Å². The summed E-state index contributed by atoms with van der Waals surface area (Å²) in [7, 11) is -2.95. The van der Waals surface area contributed by atoms with E-state index in [1.807, 2.05) is 32.0 Å². The summed E-state index contributed by atoms with van der Waals surface area (Å²) in [5.74, 6) is -0.335. The van der Waals surface area contributed by atoms with Gasteiger partial charge in [0.2, 0.25) is 11.8 Å². The highest BCUT2D eigenvalue weighted by molar-refractivity contribution is 7.90. The van der Waals surface area contributed by atoms with E-state index in [0.717, 1.165) is 41.6 Å². The molecule has 0 saturated carbocycles. The molecule has 0 radical (unpaired) electrons. The van der Waals surface area contributed by atoms with Crippen molar-refractivity contribution < 1.29 is 24.1 Å². The van der Waals surface area contributed by atoms with E-state index in [1.165, 1.54) is 25.4 Å². The Balaban J connectivity index is 0.00000361. The quantitative estimate of drug-likeness (QED) is 0.517. The monoisotopic (exact) mass is 497 g/mol. The van der Waals surface area contributed by atoms with Gasteiger partial charge in [-0.05, 0) is 68.5 Å². The van der Waals surface area contributed by atoms with Crippen LogP contribution in [0.2, 0.25) is 0 Å². The Morgan fingerprint density at radius 3 is 2.63 bits per heavy atom. The molecule has 4 rings (SSSR count). The molecule has 186 valence electrons. The van der Waals surface area contributed by atoms with Crippen LogP contribution in [0.4, 0.5) is 0 Å². The summed E-state index contributed by atoms with van der Waals surface area (Å²) in [5, 5.41) is 0. The van der Waals surface area contributed by atoms with Crippen LogP contribution < -0.4 is 14.2 Å². The molecule has 0 saturated heterocycles. The molecular weight excluding hydrogens is 466 g/mol. The normalized spacial score (nSPS) is 14.7. The minimum Gasteiger partial charge on any atom is -0.480 e. The zero-order valence-corrected chi connectivity index (χ0v) is 21.3. The number of ether oxygens (including phenoxy) is 2. The van der Waals surface area contributed by atoms with Crippen LogP contribution in [0.1, 0.15) is 60.9 Å². The van der Waals surface area contributed by atoms with Crippen LogP contribution >= 0.6 is 0 Å². The van der Waals surface area contributed by atoms with Crippen molar-refractivity contribution in [2.75, 3.05) is 7.11 Å². The third-order valence-corrected chi connectivity index (χ3v) is 7.53. The standard InChI is InChI=1S/C26H29N3O5S.H2/c1-16-10-11-20(17(2)14-16)34-24-19(15-18-8-6-12-26(3,4)22(18)28-24)23(30)29-35(31,32)21-9-7-13-27-25(21)33-5;/h7,9-11,13-15H,6,8,12H2,1-5H3,(H,29,30);1H. The lowest BCUT2D eigenvalue weighted by atomic mass is 9.75. The Morgan fingerprint density at radius 2 is 1.91 bits per heavy atom. The van der Waals surface area contributed by atoms with Gasteiger partial charge >= 0.3 is 0 Å². The average molecular weight is 498 g/mol. The number of hydrogen-bond acceptors (Lipinski definition) is 7. The molecule has 2 aromatic heterocycles. The molecule has 0 aliphatic heterocycles. The molecule has 1 N–H and O–H groups in total. The van der Waals surface area contributed by atoms with Crippen molar-refractivity contribution in [1.82, 2.24) is 14.7 Å². The zero-order valence-electron chi connectivity index (χ0n) is 20.5. The largest absolute Gasteiger partial charge is 0.480 e. The fourth-order valence-electron chi connectivity index (χ4n) is 4.38. The third-order valence-electron chi connectivity index (χ3n) is 6.18. The van der Waals surface area contributed by atoms with Gasteiger partial charge in [0.05, 0.1) is 12.8 Å². The molecule has 1 aliphatic rings. The maximum absolute atomic E-state index is 13.4.